The van der Waals surface area contributed by atoms with Crippen LogP contribution in [0.4, 0.5) is 0 Å². The minimum Gasteiger partial charge on any atom is -0.458 e. The highest BCUT2D eigenvalue weighted by atomic mass is 16.5. The molecule has 0 spiro atoms. The summed E-state index contributed by atoms with van der Waals surface area (Å²) in [6.45, 7) is 0.0814. The third kappa shape index (κ3) is 3.02. The van der Waals surface area contributed by atoms with Gasteiger partial charge in [0, 0.05) is 21.9 Å². The Labute approximate surface area is 231 Å². The van der Waals surface area contributed by atoms with Gasteiger partial charge in [-0.2, -0.15) is 0 Å². The molecule has 0 saturated carbocycles. The van der Waals surface area contributed by atoms with Crippen molar-refractivity contribution in [1.29, 1.82) is 0 Å². The first-order valence-electron chi connectivity index (χ1n) is 13.6. The van der Waals surface area contributed by atoms with Crippen LogP contribution in [0.1, 0.15) is 0 Å². The van der Waals surface area contributed by atoms with Crippen molar-refractivity contribution in [2.24, 2.45) is 0 Å². The first-order valence-corrected chi connectivity index (χ1v) is 13.6. The first-order chi connectivity index (χ1) is 19.8. The van der Waals surface area contributed by atoms with E-state index in [9.17, 15) is 0 Å². The molecule has 0 amide bonds. The number of para-hydroxylation sites is 4. The number of nitrogens with zero attached hydrogens (tertiary/aromatic N) is 1. The van der Waals surface area contributed by atoms with Gasteiger partial charge in [0.2, 0.25) is 0 Å². The van der Waals surface area contributed by atoms with Crippen molar-refractivity contribution in [2.75, 3.05) is 0 Å². The van der Waals surface area contributed by atoms with Crippen molar-refractivity contribution in [3.63, 3.8) is 0 Å². The summed E-state index contributed by atoms with van der Waals surface area (Å²) in [6.07, 6.45) is 0. The van der Waals surface area contributed by atoms with Crippen LogP contribution in [0.3, 0.4) is 0 Å². The fraction of sp³-hybridized carbons (Fsp3) is 0. The molecule has 2 aliphatic rings. The van der Waals surface area contributed by atoms with E-state index in [1.54, 1.807) is 0 Å². The number of ether oxygens (including phenoxy) is 2. The fourth-order valence-corrected chi connectivity index (χ4v) is 6.59. The molecule has 1 aromatic heterocycles. The van der Waals surface area contributed by atoms with Gasteiger partial charge in [-0.15, -0.1) is 0 Å². The first kappa shape index (κ1) is 21.7. The predicted octanol–water partition coefficient (Wildman–Crippen LogP) is 7.18. The summed E-state index contributed by atoms with van der Waals surface area (Å²) in [5, 5.41) is 2.51. The van der Waals surface area contributed by atoms with Crippen LogP contribution in [0.5, 0.6) is 23.0 Å². The van der Waals surface area contributed by atoms with Crippen LogP contribution in [0.2, 0.25) is 0 Å². The van der Waals surface area contributed by atoms with E-state index >= 15 is 0 Å². The van der Waals surface area contributed by atoms with Crippen LogP contribution in [0.15, 0.2) is 133 Å². The van der Waals surface area contributed by atoms with Crippen molar-refractivity contribution < 1.29 is 9.47 Å². The van der Waals surface area contributed by atoms with Gasteiger partial charge in [0.15, 0.2) is 0 Å². The molecule has 0 saturated heterocycles. The molecule has 0 unspecified atom stereocenters. The zero-order valence-corrected chi connectivity index (χ0v) is 21.5. The number of hydrogen-bond donors (Lipinski definition) is 0. The minimum atomic E-state index is 0.0814. The second kappa shape index (κ2) is 8.14. The van der Waals surface area contributed by atoms with Gasteiger partial charge in [-0.25, -0.2) is 0 Å². The van der Waals surface area contributed by atoms with E-state index in [4.69, 9.17) is 9.47 Å². The summed E-state index contributed by atoms with van der Waals surface area (Å²) in [4.78, 5) is 0. The Balaban J connectivity index is 1.24. The van der Waals surface area contributed by atoms with Gasteiger partial charge in [0.05, 0.1) is 11.0 Å². The van der Waals surface area contributed by atoms with Crippen molar-refractivity contribution in [3.05, 3.63) is 133 Å². The predicted molar refractivity (Wildman–Crippen MR) is 164 cm³/mol. The summed E-state index contributed by atoms with van der Waals surface area (Å²) < 4.78 is 15.4. The number of fused-ring (bicyclic) bond motifs is 7. The van der Waals surface area contributed by atoms with Crippen molar-refractivity contribution in [3.8, 4) is 39.8 Å². The quantitative estimate of drug-likeness (QED) is 0.230. The van der Waals surface area contributed by atoms with E-state index in [1.165, 1.54) is 32.7 Å². The van der Waals surface area contributed by atoms with Gasteiger partial charge >= 0.3 is 0 Å². The van der Waals surface area contributed by atoms with Crippen LogP contribution >= 0.6 is 0 Å². The van der Waals surface area contributed by atoms with Gasteiger partial charge < -0.3 is 14.0 Å². The maximum Gasteiger partial charge on any atom is 0.260 e. The molecule has 9 rings (SSSR count). The fourth-order valence-electron chi connectivity index (χ4n) is 6.59. The lowest BCUT2D eigenvalue weighted by molar-refractivity contribution is 0.465. The topological polar surface area (TPSA) is 23.4 Å². The van der Waals surface area contributed by atoms with Crippen LogP contribution in [-0.4, -0.2) is 11.3 Å². The van der Waals surface area contributed by atoms with Gasteiger partial charge in [-0.3, -0.25) is 0 Å². The SMILES string of the molecule is c1cc(-c2cc3c4c(c2)Oc2ccccc2B4c2ccccc2O3)cc(-n2c3ccccc3c3ccccc32)c1. The zero-order chi connectivity index (χ0) is 26.2. The smallest absolute Gasteiger partial charge is 0.260 e. The van der Waals surface area contributed by atoms with E-state index in [1.807, 2.05) is 12.1 Å². The molecule has 0 radical (unpaired) electrons. The van der Waals surface area contributed by atoms with Crippen molar-refractivity contribution in [1.82, 2.24) is 4.57 Å². The van der Waals surface area contributed by atoms with Crippen LogP contribution in [0.25, 0.3) is 38.6 Å². The Bertz CT molecular complexity index is 2020. The third-order valence-electron chi connectivity index (χ3n) is 8.31. The molecule has 0 N–H and O–H groups in total. The van der Waals surface area contributed by atoms with E-state index in [-0.39, 0.29) is 6.71 Å². The van der Waals surface area contributed by atoms with Crippen LogP contribution in [-0.2, 0) is 0 Å². The molecule has 7 aromatic rings. The monoisotopic (exact) mass is 511 g/mol. The maximum absolute atomic E-state index is 6.53. The Morgan fingerprint density at radius 2 is 1.00 bits per heavy atom. The Hall–Kier alpha value is -5.22. The molecular weight excluding hydrogens is 489 g/mol. The van der Waals surface area contributed by atoms with Gasteiger partial charge in [0.1, 0.15) is 23.0 Å². The maximum atomic E-state index is 6.53. The lowest BCUT2D eigenvalue weighted by atomic mass is 9.35. The largest absolute Gasteiger partial charge is 0.458 e. The lowest BCUT2D eigenvalue weighted by Gasteiger charge is -2.33. The van der Waals surface area contributed by atoms with Gasteiger partial charge in [-0.1, -0.05) is 84.9 Å². The molecule has 3 heterocycles. The highest BCUT2D eigenvalue weighted by molar-refractivity contribution is 6.98. The highest BCUT2D eigenvalue weighted by Crippen LogP contribution is 2.39. The highest BCUT2D eigenvalue weighted by Gasteiger charge is 2.40. The molecule has 6 aromatic carbocycles. The molecule has 0 aliphatic carbocycles. The third-order valence-corrected chi connectivity index (χ3v) is 8.31. The molecule has 4 heteroatoms. The molecule has 2 aliphatic heterocycles. The van der Waals surface area contributed by atoms with Crippen molar-refractivity contribution in [2.45, 2.75) is 0 Å². The summed E-state index contributed by atoms with van der Waals surface area (Å²) in [5.41, 5.74) is 9.14. The number of hydrogen-bond acceptors (Lipinski definition) is 2. The molecule has 186 valence electrons. The van der Waals surface area contributed by atoms with E-state index in [0.717, 1.165) is 45.3 Å². The summed E-state index contributed by atoms with van der Waals surface area (Å²) in [5.74, 6) is 3.51. The van der Waals surface area contributed by atoms with E-state index in [2.05, 4.69) is 126 Å². The second-order valence-electron chi connectivity index (χ2n) is 10.5. The minimum absolute atomic E-state index is 0.0814. The molecule has 0 fully saturated rings. The lowest BCUT2D eigenvalue weighted by Crippen LogP contribution is -2.57. The summed E-state index contributed by atoms with van der Waals surface area (Å²) in [7, 11) is 0. The average Bonchev–Trinajstić information content (AvgIpc) is 3.35. The van der Waals surface area contributed by atoms with Gasteiger partial charge in [0.25, 0.3) is 6.71 Å². The molecule has 0 atom stereocenters. The van der Waals surface area contributed by atoms with Crippen LogP contribution in [0, 0.1) is 0 Å². The number of benzene rings is 6. The zero-order valence-electron chi connectivity index (χ0n) is 21.5. The molecule has 0 bridgehead atoms. The second-order valence-corrected chi connectivity index (χ2v) is 10.5. The standard InChI is InChI=1S/C36H22BNO2/c1-5-16-30-26(12-1)27-13-2-6-17-31(27)38(30)25-11-9-10-23(20-25)24-21-34-36-35(22-24)40-33-19-8-4-15-29(33)37(36)28-14-3-7-18-32(28)39-34/h1-22H. The Kier molecular flexibility index (Phi) is 4.41. The van der Waals surface area contributed by atoms with E-state index in [0.29, 0.717) is 0 Å². The molecule has 3 nitrogen and oxygen atoms in total. The summed E-state index contributed by atoms with van der Waals surface area (Å²) in [6, 6.07) is 47.0. The van der Waals surface area contributed by atoms with Crippen LogP contribution < -0.4 is 25.9 Å². The Morgan fingerprint density at radius 3 is 1.62 bits per heavy atom. The summed E-state index contributed by atoms with van der Waals surface area (Å²) >= 11 is 0. The molecule has 40 heavy (non-hydrogen) atoms. The van der Waals surface area contributed by atoms with E-state index < -0.39 is 0 Å². The van der Waals surface area contributed by atoms with Gasteiger partial charge in [-0.05, 0) is 70.6 Å². The molecular formula is C36H22BNO2. The Morgan fingerprint density at radius 1 is 0.450 bits per heavy atom. The number of aromatic nitrogens is 1. The normalized spacial score (nSPS) is 12.8. The number of rotatable bonds is 2. The average molecular weight is 511 g/mol. The van der Waals surface area contributed by atoms with Crippen molar-refractivity contribution >= 4 is 44.9 Å².